The number of rotatable bonds is 9. The molecular formula is C19H46BrN3O7. The maximum atomic E-state index is 9.50. The molecule has 0 bridgehead atoms. The van der Waals surface area contributed by atoms with Crippen LogP contribution in [0.15, 0.2) is 0 Å². The first-order valence-electron chi connectivity index (χ1n) is 9.45. The van der Waals surface area contributed by atoms with Crippen LogP contribution in [0.5, 0.6) is 0 Å². The number of halogens is 1. The summed E-state index contributed by atoms with van der Waals surface area (Å²) in [6.45, 7) is 3.34. The first-order chi connectivity index (χ1) is 12.8. The van der Waals surface area contributed by atoms with Crippen LogP contribution in [0.2, 0.25) is 0 Å². The fraction of sp³-hybridized carbons (Fsp3) is 0.895. The Morgan fingerprint density at radius 2 is 0.733 bits per heavy atom. The average molecular weight is 508 g/mol. The van der Waals surface area contributed by atoms with Crippen LogP contribution in [0.3, 0.4) is 0 Å². The third-order valence-corrected chi connectivity index (χ3v) is 2.85. The lowest BCUT2D eigenvalue weighted by Crippen LogP contribution is -3.00. The zero-order valence-electron chi connectivity index (χ0n) is 20.4. The fourth-order valence-corrected chi connectivity index (χ4v) is 1.10. The molecule has 0 heterocycles. The molecule has 0 spiro atoms. The fourth-order valence-electron chi connectivity index (χ4n) is 1.10. The van der Waals surface area contributed by atoms with Crippen LogP contribution in [-0.4, -0.2) is 144 Å². The first kappa shape index (κ1) is 39.6. The second-order valence-electron chi connectivity index (χ2n) is 9.46. The topological polar surface area (TPSA) is 141 Å². The van der Waals surface area contributed by atoms with Crippen LogP contribution < -0.4 is 27.2 Å². The molecule has 0 saturated carbocycles. The van der Waals surface area contributed by atoms with Crippen molar-refractivity contribution in [1.82, 2.24) is 0 Å². The van der Waals surface area contributed by atoms with E-state index in [2.05, 4.69) is 63.4 Å². The molecule has 30 heavy (non-hydrogen) atoms. The predicted molar refractivity (Wildman–Crippen MR) is 109 cm³/mol. The van der Waals surface area contributed by atoms with Gasteiger partial charge in [0.15, 0.2) is 0 Å². The van der Waals surface area contributed by atoms with Gasteiger partial charge in [-0.25, -0.2) is 0 Å². The summed E-state index contributed by atoms with van der Waals surface area (Å²) in [5.74, 6) is -2.73. The molecule has 0 atom stereocenters. The van der Waals surface area contributed by atoms with Gasteiger partial charge in [0.25, 0.3) is 0 Å². The molecule has 3 N–H and O–H groups in total. The summed E-state index contributed by atoms with van der Waals surface area (Å²) in [5.41, 5.74) is 0. The molecule has 0 rings (SSSR count). The number of hydrogen-bond acceptors (Lipinski definition) is 7. The van der Waals surface area contributed by atoms with E-state index in [1.165, 1.54) is 0 Å². The Balaban J connectivity index is -0.0000000917. The van der Waals surface area contributed by atoms with E-state index in [0.29, 0.717) is 0 Å². The van der Waals surface area contributed by atoms with Crippen LogP contribution in [-0.2, 0) is 9.59 Å². The van der Waals surface area contributed by atoms with Crippen molar-refractivity contribution < 1.29 is 65.6 Å². The summed E-state index contributed by atoms with van der Waals surface area (Å²) in [5, 5.41) is 44.2. The van der Waals surface area contributed by atoms with Gasteiger partial charge < -0.3 is 65.6 Å². The lowest BCUT2D eigenvalue weighted by molar-refractivity contribution is -0.870. The Morgan fingerprint density at radius 1 is 0.567 bits per heavy atom. The zero-order valence-corrected chi connectivity index (χ0v) is 21.9. The maximum Gasteiger partial charge on any atom is 0.101 e. The van der Waals surface area contributed by atoms with Crippen molar-refractivity contribution in [3.8, 4) is 0 Å². The van der Waals surface area contributed by atoms with Gasteiger partial charge in [-0.3, -0.25) is 0 Å². The number of quaternary nitrogens is 3. The van der Waals surface area contributed by atoms with E-state index < -0.39 is 24.8 Å². The standard InChI is InChI=1S/3C5H14NO.C4H6O4.BrH/c3*1-6(2,3)4-5-7;5-3(6)1-2-4(7)8;/h3*7H,4-5H2,1-3H3;1-2H2,(H,5,6)(H,7,8);1H/q3*+1;;/p-3. The van der Waals surface area contributed by atoms with E-state index >= 15 is 0 Å². The van der Waals surface area contributed by atoms with E-state index in [0.717, 1.165) is 33.1 Å². The molecule has 0 aliphatic heterocycles. The summed E-state index contributed by atoms with van der Waals surface area (Å²) < 4.78 is 2.53. The molecule has 10 nitrogen and oxygen atoms in total. The lowest BCUT2D eigenvalue weighted by Gasteiger charge is -2.21. The van der Waals surface area contributed by atoms with Crippen LogP contribution in [0.4, 0.5) is 0 Å². The van der Waals surface area contributed by atoms with Gasteiger partial charge in [0.2, 0.25) is 0 Å². The molecule has 0 unspecified atom stereocenters. The molecule has 11 heteroatoms. The van der Waals surface area contributed by atoms with Gasteiger partial charge in [-0.1, -0.05) is 0 Å². The van der Waals surface area contributed by atoms with Crippen molar-refractivity contribution in [3.63, 3.8) is 0 Å². The third-order valence-electron chi connectivity index (χ3n) is 2.85. The summed E-state index contributed by atoms with van der Waals surface area (Å²) in [7, 11) is 18.5. The van der Waals surface area contributed by atoms with Crippen LogP contribution in [0.1, 0.15) is 12.8 Å². The normalized spacial score (nSPS) is 10.7. The minimum Gasteiger partial charge on any atom is -1.00 e. The Kier molecular flexibility index (Phi) is 28.3. The number of carbonyl (C=O) groups excluding carboxylic acids is 2. The summed E-state index contributed by atoms with van der Waals surface area (Å²) >= 11 is 0. The number of aliphatic hydroxyl groups is 3. The number of hydrogen-bond donors (Lipinski definition) is 3. The van der Waals surface area contributed by atoms with E-state index in [9.17, 15) is 19.8 Å². The Bertz CT molecular complexity index is 352. The van der Waals surface area contributed by atoms with Gasteiger partial charge in [-0.15, -0.1) is 0 Å². The van der Waals surface area contributed by atoms with Crippen molar-refractivity contribution in [2.45, 2.75) is 12.8 Å². The Hall–Kier alpha value is -0.820. The highest BCUT2D eigenvalue weighted by Crippen LogP contribution is 1.86. The van der Waals surface area contributed by atoms with Gasteiger partial charge in [0.1, 0.15) is 19.6 Å². The number of carbonyl (C=O) groups is 2. The van der Waals surface area contributed by atoms with Crippen LogP contribution in [0, 0.1) is 0 Å². The number of aliphatic carboxylic acids is 2. The monoisotopic (exact) mass is 507 g/mol. The number of aliphatic hydroxyl groups excluding tert-OH is 3. The molecule has 0 aliphatic rings. The molecule has 0 fully saturated rings. The minimum atomic E-state index is -1.37. The van der Waals surface area contributed by atoms with E-state index in [-0.39, 0.29) is 36.8 Å². The highest BCUT2D eigenvalue weighted by atomic mass is 79.9. The van der Waals surface area contributed by atoms with Gasteiger partial charge in [0, 0.05) is 11.9 Å². The van der Waals surface area contributed by atoms with Crippen molar-refractivity contribution in [2.75, 3.05) is 103 Å². The predicted octanol–water partition coefficient (Wildman–Crippen LogP) is -6.67. The van der Waals surface area contributed by atoms with Crippen molar-refractivity contribution in [3.05, 3.63) is 0 Å². The lowest BCUT2D eigenvalue weighted by atomic mass is 10.3. The molecule has 0 saturated heterocycles. The van der Waals surface area contributed by atoms with Crippen molar-refractivity contribution in [2.24, 2.45) is 0 Å². The van der Waals surface area contributed by atoms with Crippen LogP contribution >= 0.6 is 0 Å². The SMILES string of the molecule is C[N+](C)(C)CCO.C[N+](C)(C)CCO.C[N+](C)(C)CCO.O=C([O-])CCC(=O)[O-].[Br-]. The molecular weight excluding hydrogens is 462 g/mol. The van der Waals surface area contributed by atoms with Crippen molar-refractivity contribution >= 4 is 11.9 Å². The number of carboxylic acids is 2. The quantitative estimate of drug-likeness (QED) is 0.263. The Morgan fingerprint density at radius 3 is 0.767 bits per heavy atom. The summed E-state index contributed by atoms with van der Waals surface area (Å²) in [6, 6.07) is 0. The molecule has 0 amide bonds. The molecule has 0 radical (unpaired) electrons. The number of nitrogens with zero attached hydrogens (tertiary/aromatic N) is 3. The molecule has 0 aromatic carbocycles. The molecule has 0 aromatic rings. The zero-order chi connectivity index (χ0) is 24.3. The average Bonchev–Trinajstić information content (AvgIpc) is 2.43. The number of carboxylic acid groups (broad SMARTS) is 2. The smallest absolute Gasteiger partial charge is 0.101 e. The third kappa shape index (κ3) is 71.2. The second-order valence-corrected chi connectivity index (χ2v) is 9.46. The van der Waals surface area contributed by atoms with Crippen LogP contribution in [0.25, 0.3) is 0 Å². The van der Waals surface area contributed by atoms with E-state index in [1.807, 2.05) is 0 Å². The van der Waals surface area contributed by atoms with E-state index in [1.54, 1.807) is 0 Å². The number of likely N-dealkylation sites (N-methyl/N-ethyl adjacent to an activating group) is 3. The minimum absolute atomic E-state index is 0. The molecule has 0 aliphatic carbocycles. The molecule has 186 valence electrons. The first-order valence-corrected chi connectivity index (χ1v) is 9.45. The summed E-state index contributed by atoms with van der Waals surface area (Å²) in [4.78, 5) is 19.0. The molecule has 0 aromatic heterocycles. The Labute approximate surface area is 193 Å². The highest BCUT2D eigenvalue weighted by molar-refractivity contribution is 5.72. The van der Waals surface area contributed by atoms with Gasteiger partial charge in [0.05, 0.1) is 83.2 Å². The highest BCUT2D eigenvalue weighted by Gasteiger charge is 2.03. The largest absolute Gasteiger partial charge is 1.00 e. The summed E-state index contributed by atoms with van der Waals surface area (Å²) in [6.07, 6.45) is -0.940. The maximum absolute atomic E-state index is 9.50. The van der Waals surface area contributed by atoms with Gasteiger partial charge >= 0.3 is 0 Å². The second kappa shape index (κ2) is 21.4. The van der Waals surface area contributed by atoms with Gasteiger partial charge in [-0.05, 0) is 12.8 Å². The van der Waals surface area contributed by atoms with Crippen molar-refractivity contribution in [1.29, 1.82) is 0 Å². The van der Waals surface area contributed by atoms with E-state index in [4.69, 9.17) is 15.3 Å². The van der Waals surface area contributed by atoms with Gasteiger partial charge in [-0.2, -0.15) is 0 Å².